The number of aliphatic carboxylic acids is 1. The van der Waals surface area contributed by atoms with Crippen LogP contribution in [0.3, 0.4) is 0 Å². The zero-order chi connectivity index (χ0) is 13.3. The van der Waals surface area contributed by atoms with Crippen molar-refractivity contribution in [2.75, 3.05) is 0 Å². The molecule has 8 heteroatoms. The molecule has 2 atom stereocenters. The summed E-state index contributed by atoms with van der Waals surface area (Å²) in [5, 5.41) is 11.9. The second kappa shape index (κ2) is 4.38. The largest absolute Gasteiger partial charge is 0.479 e. The minimum atomic E-state index is -1.60. The van der Waals surface area contributed by atoms with E-state index in [9.17, 15) is 24.3 Å². The number of imide groups is 1. The molecule has 7 nitrogen and oxygen atoms in total. The van der Waals surface area contributed by atoms with Crippen molar-refractivity contribution in [2.45, 2.75) is 24.4 Å². The highest BCUT2D eigenvalue weighted by atomic mass is 16.4. The topological polar surface area (TPSA) is 104 Å². The molecule has 1 heterocycles. The van der Waals surface area contributed by atoms with Gasteiger partial charge in [0, 0.05) is 18.2 Å². The number of hydrogen-bond donors (Lipinski definition) is 2. The van der Waals surface area contributed by atoms with Gasteiger partial charge in [0.25, 0.3) is 19.2 Å². The van der Waals surface area contributed by atoms with E-state index in [0.29, 0.717) is 12.6 Å². The molecule has 93 valence electrons. The smallest absolute Gasteiger partial charge is 0.331 e. The number of hydrogen-bond acceptors (Lipinski definition) is 5. The fourth-order valence-electron chi connectivity index (χ4n) is 2.35. The highest BCUT2D eigenvalue weighted by Crippen LogP contribution is 2.40. The molecule has 2 aliphatic rings. The number of nitrogens with zero attached hydrogens (tertiary/aromatic N) is 1. The number of carboxylic acid groups (broad SMARTS) is 1. The second-order valence-electron chi connectivity index (χ2n) is 4.14. The Bertz CT molecular complexity index is 445. The van der Waals surface area contributed by atoms with Gasteiger partial charge in [-0.15, -0.1) is 0 Å². The van der Waals surface area contributed by atoms with Crippen LogP contribution in [0.2, 0.25) is 0 Å². The van der Waals surface area contributed by atoms with Crippen LogP contribution >= 0.6 is 0 Å². The number of carbonyl (C=O) groups is 4. The van der Waals surface area contributed by atoms with Crippen molar-refractivity contribution in [3.8, 4) is 0 Å². The van der Waals surface area contributed by atoms with Crippen LogP contribution in [0.4, 0.5) is 0 Å². The molecule has 2 unspecified atom stereocenters. The third-order valence-corrected chi connectivity index (χ3v) is 3.33. The maximum atomic E-state index is 11.6. The average molecular weight is 249 g/mol. The molecule has 0 bridgehead atoms. The van der Waals surface area contributed by atoms with E-state index < -0.39 is 29.4 Å². The fourth-order valence-corrected chi connectivity index (χ4v) is 2.35. The predicted octanol–water partition coefficient (Wildman–Crippen LogP) is -1.70. The highest BCUT2D eigenvalue weighted by Gasteiger charge is 2.60. The summed E-state index contributed by atoms with van der Waals surface area (Å²) in [6.07, 6.45) is 3.22. The Morgan fingerprint density at radius 3 is 2.50 bits per heavy atom. The van der Waals surface area contributed by atoms with E-state index in [-0.39, 0.29) is 6.42 Å². The van der Waals surface area contributed by atoms with Gasteiger partial charge in [-0.2, -0.15) is 0 Å². The van der Waals surface area contributed by atoms with E-state index in [1.54, 1.807) is 0 Å². The van der Waals surface area contributed by atoms with Crippen LogP contribution in [-0.2, 0) is 19.2 Å². The quantitative estimate of drug-likeness (QED) is 0.342. The molecule has 2 N–H and O–H groups in total. The molecule has 1 aliphatic carbocycles. The molecule has 0 aromatic heterocycles. The lowest BCUT2D eigenvalue weighted by atomic mass is 9.68. The van der Waals surface area contributed by atoms with Crippen molar-refractivity contribution in [2.24, 2.45) is 0 Å². The normalized spacial score (nSPS) is 30.2. The van der Waals surface area contributed by atoms with Crippen molar-refractivity contribution in [3.63, 3.8) is 0 Å². The molecular weight excluding hydrogens is 239 g/mol. The minimum absolute atomic E-state index is 0.172. The summed E-state index contributed by atoms with van der Waals surface area (Å²) in [5.41, 5.74) is -1.60. The van der Waals surface area contributed by atoms with Crippen LogP contribution in [0.15, 0.2) is 12.2 Å². The van der Waals surface area contributed by atoms with Crippen LogP contribution in [0.25, 0.3) is 0 Å². The SMILES string of the molecule is O=C[B]NC1CCC1(C(=O)O)N1C(=O)C=CC1=O. The summed E-state index contributed by atoms with van der Waals surface area (Å²) in [7, 11) is 1.07. The summed E-state index contributed by atoms with van der Waals surface area (Å²) in [5.74, 6) is -2.53. The summed E-state index contributed by atoms with van der Waals surface area (Å²) in [6, 6.07) is -0.645. The fraction of sp³-hybridized carbons (Fsp3) is 0.400. The van der Waals surface area contributed by atoms with E-state index in [1.807, 2.05) is 0 Å². The van der Waals surface area contributed by atoms with Gasteiger partial charge in [-0.25, -0.2) is 4.79 Å². The lowest BCUT2D eigenvalue weighted by molar-refractivity contribution is -0.171. The summed E-state index contributed by atoms with van der Waals surface area (Å²) >= 11 is 0. The molecule has 0 aromatic carbocycles. The monoisotopic (exact) mass is 249 g/mol. The molecule has 0 saturated heterocycles. The maximum absolute atomic E-state index is 11.6. The van der Waals surface area contributed by atoms with Crippen LogP contribution in [0.1, 0.15) is 12.8 Å². The van der Waals surface area contributed by atoms with Crippen molar-refractivity contribution in [1.82, 2.24) is 10.1 Å². The Hall–Kier alpha value is -1.96. The van der Waals surface area contributed by atoms with Gasteiger partial charge in [0.15, 0.2) is 5.54 Å². The molecule has 1 saturated carbocycles. The van der Waals surface area contributed by atoms with E-state index in [0.717, 1.165) is 24.5 Å². The van der Waals surface area contributed by atoms with E-state index in [4.69, 9.17) is 0 Å². The molecule has 0 aromatic rings. The van der Waals surface area contributed by atoms with Crippen molar-refractivity contribution in [3.05, 3.63) is 12.2 Å². The standard InChI is InChI=1S/C10H10BN2O5/c14-5-11-12-6-3-4-10(6,9(17)18)13-7(15)1-2-8(13)16/h1-2,5-6,12H,3-4H2,(H,17,18). The predicted molar refractivity (Wildman–Crippen MR) is 60.0 cm³/mol. The van der Waals surface area contributed by atoms with Gasteiger partial charge in [0.1, 0.15) is 0 Å². The van der Waals surface area contributed by atoms with Gasteiger partial charge in [0.2, 0.25) is 0 Å². The van der Waals surface area contributed by atoms with Crippen LogP contribution in [0, 0.1) is 0 Å². The Labute approximate surface area is 103 Å². The van der Waals surface area contributed by atoms with Crippen molar-refractivity contribution < 1.29 is 24.3 Å². The second-order valence-corrected chi connectivity index (χ2v) is 4.14. The Morgan fingerprint density at radius 1 is 1.50 bits per heavy atom. The zero-order valence-corrected chi connectivity index (χ0v) is 9.33. The molecule has 1 aliphatic heterocycles. The van der Waals surface area contributed by atoms with E-state index >= 15 is 0 Å². The summed E-state index contributed by atoms with van der Waals surface area (Å²) < 4.78 is 0. The third kappa shape index (κ3) is 1.57. The Balaban J connectivity index is 2.28. The Morgan fingerprint density at radius 2 is 2.11 bits per heavy atom. The third-order valence-electron chi connectivity index (χ3n) is 3.33. The first-order valence-corrected chi connectivity index (χ1v) is 5.36. The zero-order valence-electron chi connectivity index (χ0n) is 9.33. The number of rotatable bonds is 5. The summed E-state index contributed by atoms with van der Waals surface area (Å²) in [6.45, 7) is 0. The van der Waals surface area contributed by atoms with Crippen molar-refractivity contribution in [1.29, 1.82) is 0 Å². The van der Waals surface area contributed by atoms with E-state index in [1.165, 1.54) is 0 Å². The maximum Gasteiger partial charge on any atom is 0.331 e. The van der Waals surface area contributed by atoms with Gasteiger partial charge in [-0.3, -0.25) is 14.5 Å². The van der Waals surface area contributed by atoms with Gasteiger partial charge in [-0.1, -0.05) is 0 Å². The first-order chi connectivity index (χ1) is 8.54. The van der Waals surface area contributed by atoms with Crippen LogP contribution in [0.5, 0.6) is 0 Å². The lowest BCUT2D eigenvalue weighted by Gasteiger charge is -2.50. The van der Waals surface area contributed by atoms with Gasteiger partial charge >= 0.3 is 5.97 Å². The molecule has 18 heavy (non-hydrogen) atoms. The molecule has 0 spiro atoms. The Kier molecular flexibility index (Phi) is 3.04. The number of carboxylic acids is 1. The molecule has 2 amide bonds. The van der Waals surface area contributed by atoms with Gasteiger partial charge in [-0.05, 0) is 12.8 Å². The number of carbonyl (C=O) groups excluding carboxylic acids is 3. The van der Waals surface area contributed by atoms with Crippen LogP contribution in [-0.4, -0.2) is 53.0 Å². The van der Waals surface area contributed by atoms with Crippen molar-refractivity contribution >= 4 is 31.4 Å². The highest BCUT2D eigenvalue weighted by molar-refractivity contribution is 6.64. The average Bonchev–Trinajstić information content (AvgIpc) is 2.60. The number of nitrogens with one attached hydrogen (secondary N) is 1. The lowest BCUT2D eigenvalue weighted by Crippen LogP contribution is -2.73. The first-order valence-electron chi connectivity index (χ1n) is 5.36. The first kappa shape index (κ1) is 12.5. The summed E-state index contributed by atoms with van der Waals surface area (Å²) in [4.78, 5) is 45.6. The van der Waals surface area contributed by atoms with Crippen LogP contribution < -0.4 is 5.23 Å². The number of amides is 2. The molecular formula is C10H10BN2O5. The van der Waals surface area contributed by atoms with E-state index in [2.05, 4.69) is 5.23 Å². The molecule has 2 rings (SSSR count). The molecule has 1 fully saturated rings. The van der Waals surface area contributed by atoms with Gasteiger partial charge < -0.3 is 15.1 Å². The molecule has 1 radical (unpaired) electrons. The van der Waals surface area contributed by atoms with Gasteiger partial charge in [0.05, 0.1) is 6.19 Å². The minimum Gasteiger partial charge on any atom is -0.479 e.